The van der Waals surface area contributed by atoms with Crippen LogP contribution in [-0.2, 0) is 0 Å². The maximum Gasteiger partial charge on any atom is 0.143 e. The molecule has 0 aliphatic heterocycles. The average Bonchev–Trinajstić information content (AvgIpc) is 3.66. The van der Waals surface area contributed by atoms with Crippen LogP contribution in [0, 0.1) is 0 Å². The summed E-state index contributed by atoms with van der Waals surface area (Å²) in [5, 5.41) is 9.53. The van der Waals surface area contributed by atoms with Crippen molar-refractivity contribution in [3.63, 3.8) is 0 Å². The zero-order valence-electron chi connectivity index (χ0n) is 30.6. The molecule has 1 heterocycles. The number of hydrogen-bond donors (Lipinski definition) is 0. The SMILES string of the molecule is c1ccc(N(c2ccc(-c3ccc4ccccc4c3)cc2)c2ccc(-c3cccc4ccccc34)cc2)c(-c2cccc3c2ccc2c4ccccc4oc32)c1. The first-order valence-corrected chi connectivity index (χ1v) is 19.2. The van der Waals surface area contributed by atoms with E-state index in [-0.39, 0.29) is 0 Å². The predicted molar refractivity (Wildman–Crippen MR) is 237 cm³/mol. The fourth-order valence-electron chi connectivity index (χ4n) is 8.54. The van der Waals surface area contributed by atoms with Gasteiger partial charge >= 0.3 is 0 Å². The molecule has 0 bridgehead atoms. The maximum atomic E-state index is 6.51. The number of furan rings is 1. The van der Waals surface area contributed by atoms with Crippen LogP contribution in [-0.4, -0.2) is 0 Å². The van der Waals surface area contributed by atoms with Gasteiger partial charge in [-0.1, -0.05) is 164 Å². The normalized spacial score (nSPS) is 11.6. The van der Waals surface area contributed by atoms with Gasteiger partial charge in [-0.25, -0.2) is 0 Å². The molecule has 0 N–H and O–H groups in total. The van der Waals surface area contributed by atoms with Crippen LogP contribution in [0.2, 0.25) is 0 Å². The molecule has 0 aliphatic carbocycles. The van der Waals surface area contributed by atoms with Crippen LogP contribution in [0.15, 0.2) is 217 Å². The van der Waals surface area contributed by atoms with Crippen LogP contribution in [0.3, 0.4) is 0 Å². The molecule has 11 aromatic rings. The van der Waals surface area contributed by atoms with Crippen molar-refractivity contribution < 1.29 is 4.42 Å². The molecule has 2 nitrogen and oxygen atoms in total. The van der Waals surface area contributed by atoms with Gasteiger partial charge in [0.1, 0.15) is 11.2 Å². The number of para-hydroxylation sites is 2. The minimum Gasteiger partial charge on any atom is -0.455 e. The molecule has 0 aliphatic rings. The number of anilines is 3. The Morgan fingerprint density at radius 2 is 0.857 bits per heavy atom. The van der Waals surface area contributed by atoms with E-state index in [1.54, 1.807) is 0 Å². The molecule has 0 fully saturated rings. The summed E-state index contributed by atoms with van der Waals surface area (Å²) in [5.74, 6) is 0. The Kier molecular flexibility index (Phi) is 7.53. The molecule has 10 aromatic carbocycles. The number of nitrogens with zero attached hydrogens (tertiary/aromatic N) is 1. The molecule has 0 spiro atoms. The molecule has 0 saturated carbocycles. The van der Waals surface area contributed by atoms with Crippen LogP contribution in [0.4, 0.5) is 17.1 Å². The van der Waals surface area contributed by atoms with E-state index in [2.05, 4.69) is 211 Å². The van der Waals surface area contributed by atoms with Crippen molar-refractivity contribution in [2.45, 2.75) is 0 Å². The molecule has 0 saturated heterocycles. The summed E-state index contributed by atoms with van der Waals surface area (Å²) in [6.07, 6.45) is 0. The first-order valence-electron chi connectivity index (χ1n) is 19.2. The Morgan fingerprint density at radius 1 is 0.304 bits per heavy atom. The van der Waals surface area contributed by atoms with E-state index in [1.165, 1.54) is 43.8 Å². The monoisotopic (exact) mass is 713 g/mol. The van der Waals surface area contributed by atoms with E-state index in [9.17, 15) is 0 Å². The van der Waals surface area contributed by atoms with Gasteiger partial charge in [0.05, 0.1) is 5.69 Å². The molecule has 0 radical (unpaired) electrons. The summed E-state index contributed by atoms with van der Waals surface area (Å²) in [6.45, 7) is 0. The molecular weight excluding hydrogens is 679 g/mol. The highest BCUT2D eigenvalue weighted by Gasteiger charge is 2.20. The second kappa shape index (κ2) is 13.2. The van der Waals surface area contributed by atoms with Crippen molar-refractivity contribution in [2.75, 3.05) is 4.90 Å². The van der Waals surface area contributed by atoms with Crippen molar-refractivity contribution >= 4 is 71.3 Å². The molecule has 0 amide bonds. The molecule has 56 heavy (non-hydrogen) atoms. The third-order valence-electron chi connectivity index (χ3n) is 11.3. The van der Waals surface area contributed by atoms with Gasteiger partial charge in [0.15, 0.2) is 0 Å². The van der Waals surface area contributed by atoms with Gasteiger partial charge in [-0.05, 0) is 103 Å². The Hall–Kier alpha value is -7.42. The Bertz CT molecular complexity index is 3240. The van der Waals surface area contributed by atoms with E-state index >= 15 is 0 Å². The summed E-state index contributed by atoms with van der Waals surface area (Å²) < 4.78 is 6.51. The maximum absolute atomic E-state index is 6.51. The molecule has 1 aromatic heterocycles. The van der Waals surface area contributed by atoms with Crippen molar-refractivity contribution in [1.29, 1.82) is 0 Å². The molecule has 11 rings (SSSR count). The van der Waals surface area contributed by atoms with Gasteiger partial charge in [0.25, 0.3) is 0 Å². The van der Waals surface area contributed by atoms with E-state index in [1.807, 2.05) is 6.07 Å². The first kappa shape index (κ1) is 32.0. The van der Waals surface area contributed by atoms with Gasteiger partial charge in [0.2, 0.25) is 0 Å². The summed E-state index contributed by atoms with van der Waals surface area (Å²) in [7, 11) is 0. The lowest BCUT2D eigenvalue weighted by atomic mass is 9.94. The predicted octanol–water partition coefficient (Wildman–Crippen LogP) is 15.5. The van der Waals surface area contributed by atoms with Gasteiger partial charge in [-0.3, -0.25) is 0 Å². The Balaban J connectivity index is 1.07. The minimum atomic E-state index is 0.908. The fourth-order valence-corrected chi connectivity index (χ4v) is 8.54. The minimum absolute atomic E-state index is 0.908. The second-order valence-corrected chi connectivity index (χ2v) is 14.5. The summed E-state index contributed by atoms with van der Waals surface area (Å²) in [4.78, 5) is 2.39. The summed E-state index contributed by atoms with van der Waals surface area (Å²) in [6, 6.07) is 76.5. The lowest BCUT2D eigenvalue weighted by Crippen LogP contribution is -2.11. The third kappa shape index (κ3) is 5.34. The number of rotatable bonds is 6. The van der Waals surface area contributed by atoms with E-state index < -0.39 is 0 Å². The zero-order valence-corrected chi connectivity index (χ0v) is 30.6. The van der Waals surface area contributed by atoms with Crippen molar-refractivity contribution in [3.8, 4) is 33.4 Å². The van der Waals surface area contributed by atoms with Gasteiger partial charge in [0, 0.05) is 33.1 Å². The van der Waals surface area contributed by atoms with E-state index in [4.69, 9.17) is 4.42 Å². The average molecular weight is 714 g/mol. The van der Waals surface area contributed by atoms with Crippen LogP contribution < -0.4 is 4.90 Å². The molecule has 0 atom stereocenters. The number of fused-ring (bicyclic) bond motifs is 7. The highest BCUT2D eigenvalue weighted by atomic mass is 16.3. The Labute approximate surface area is 325 Å². The largest absolute Gasteiger partial charge is 0.455 e. The van der Waals surface area contributed by atoms with Crippen LogP contribution in [0.25, 0.3) is 87.6 Å². The second-order valence-electron chi connectivity index (χ2n) is 14.5. The molecule has 0 unspecified atom stereocenters. The quantitative estimate of drug-likeness (QED) is 0.171. The topological polar surface area (TPSA) is 16.4 Å². The first-order chi connectivity index (χ1) is 27.8. The van der Waals surface area contributed by atoms with Crippen molar-refractivity contribution in [1.82, 2.24) is 0 Å². The highest BCUT2D eigenvalue weighted by Crippen LogP contribution is 2.45. The van der Waals surface area contributed by atoms with Gasteiger partial charge < -0.3 is 9.32 Å². The van der Waals surface area contributed by atoms with E-state index in [0.29, 0.717) is 0 Å². The lowest BCUT2D eigenvalue weighted by Gasteiger charge is -2.28. The molecule has 2 heteroatoms. The van der Waals surface area contributed by atoms with Crippen molar-refractivity contribution in [3.05, 3.63) is 212 Å². The summed E-state index contributed by atoms with van der Waals surface area (Å²) >= 11 is 0. The third-order valence-corrected chi connectivity index (χ3v) is 11.3. The molecule has 262 valence electrons. The summed E-state index contributed by atoms with van der Waals surface area (Å²) in [5.41, 5.74) is 12.2. The standard InChI is InChI=1S/C54H35NO/c1-2-13-40-35-41(24-23-36(40)11-1)37-25-29-42(30-26-37)55(43-31-27-39(28-32-43)45-18-9-14-38-12-3-4-15-44(38)45)52-21-7-5-16-48(52)46-19-10-20-50-47(46)33-34-51-49-17-6-8-22-53(49)56-54(50)51/h1-35H. The van der Waals surface area contributed by atoms with Crippen LogP contribution in [0.5, 0.6) is 0 Å². The van der Waals surface area contributed by atoms with Crippen LogP contribution >= 0.6 is 0 Å². The fraction of sp³-hybridized carbons (Fsp3) is 0. The van der Waals surface area contributed by atoms with Crippen LogP contribution in [0.1, 0.15) is 0 Å². The molecular formula is C54H35NO. The zero-order chi connectivity index (χ0) is 37.0. The number of benzene rings is 10. The highest BCUT2D eigenvalue weighted by molar-refractivity contribution is 6.18. The number of hydrogen-bond acceptors (Lipinski definition) is 2. The van der Waals surface area contributed by atoms with Crippen molar-refractivity contribution in [2.24, 2.45) is 0 Å². The van der Waals surface area contributed by atoms with E-state index in [0.717, 1.165) is 60.9 Å². The Morgan fingerprint density at radius 3 is 1.70 bits per heavy atom. The smallest absolute Gasteiger partial charge is 0.143 e. The van der Waals surface area contributed by atoms with Gasteiger partial charge in [-0.2, -0.15) is 0 Å². The lowest BCUT2D eigenvalue weighted by molar-refractivity contribution is 0.672. The van der Waals surface area contributed by atoms with Gasteiger partial charge in [-0.15, -0.1) is 0 Å².